The van der Waals surface area contributed by atoms with Gasteiger partial charge in [-0.1, -0.05) is 13.0 Å². The van der Waals surface area contributed by atoms with Gasteiger partial charge in [0.15, 0.2) is 5.82 Å². The molecule has 1 heterocycles. The highest BCUT2D eigenvalue weighted by Gasteiger charge is 2.21. The molecule has 0 aliphatic heterocycles. The minimum Gasteiger partial charge on any atom is -0.369 e. The maximum absolute atomic E-state index is 13.8. The van der Waals surface area contributed by atoms with Crippen LogP contribution < -0.4 is 5.32 Å². The Morgan fingerprint density at radius 3 is 2.67 bits per heavy atom. The summed E-state index contributed by atoms with van der Waals surface area (Å²) in [7, 11) is 0. The fourth-order valence-electron chi connectivity index (χ4n) is 1.96. The second kappa shape index (κ2) is 6.25. The third-order valence-corrected chi connectivity index (χ3v) is 3.02. The summed E-state index contributed by atoms with van der Waals surface area (Å²) in [6, 6.07) is 5.87. The molecule has 1 aromatic heterocycles. The zero-order chi connectivity index (χ0) is 15.4. The molecule has 0 amide bonds. The SMILES string of the molecule is CCC(Nc1c(F)cccc1[N+](=O)[O-])c1ccc(F)cn1. The molecule has 0 fully saturated rings. The van der Waals surface area contributed by atoms with Crippen LogP contribution in [0.1, 0.15) is 25.1 Å². The maximum atomic E-state index is 13.8. The summed E-state index contributed by atoms with van der Waals surface area (Å²) in [5.41, 5.74) is -0.0625. The molecule has 0 saturated carbocycles. The lowest BCUT2D eigenvalue weighted by Gasteiger charge is -2.18. The van der Waals surface area contributed by atoms with Crippen LogP contribution in [0.2, 0.25) is 0 Å². The molecule has 21 heavy (non-hydrogen) atoms. The van der Waals surface area contributed by atoms with E-state index in [0.29, 0.717) is 12.1 Å². The molecule has 1 atom stereocenters. The van der Waals surface area contributed by atoms with Gasteiger partial charge in [-0.2, -0.15) is 0 Å². The number of hydrogen-bond acceptors (Lipinski definition) is 4. The summed E-state index contributed by atoms with van der Waals surface area (Å²) in [4.78, 5) is 14.2. The largest absolute Gasteiger partial charge is 0.369 e. The summed E-state index contributed by atoms with van der Waals surface area (Å²) >= 11 is 0. The number of nitrogens with one attached hydrogen (secondary N) is 1. The minimum absolute atomic E-state index is 0.194. The van der Waals surface area contributed by atoms with Crippen LogP contribution >= 0.6 is 0 Å². The van der Waals surface area contributed by atoms with Gasteiger partial charge in [-0.3, -0.25) is 15.1 Å². The summed E-state index contributed by atoms with van der Waals surface area (Å²) in [5, 5.41) is 13.7. The van der Waals surface area contributed by atoms with Crippen molar-refractivity contribution in [2.24, 2.45) is 0 Å². The van der Waals surface area contributed by atoms with Crippen LogP contribution in [0.25, 0.3) is 0 Å². The Morgan fingerprint density at radius 2 is 2.10 bits per heavy atom. The van der Waals surface area contributed by atoms with Crippen molar-refractivity contribution in [3.05, 3.63) is 64.0 Å². The van der Waals surface area contributed by atoms with Crippen molar-refractivity contribution in [2.75, 3.05) is 5.32 Å². The number of anilines is 1. The van der Waals surface area contributed by atoms with Crippen LogP contribution in [0.15, 0.2) is 36.5 Å². The number of benzene rings is 1. The van der Waals surface area contributed by atoms with Crippen molar-refractivity contribution < 1.29 is 13.7 Å². The average Bonchev–Trinajstić information content (AvgIpc) is 2.47. The second-order valence-corrected chi connectivity index (χ2v) is 4.40. The molecule has 7 heteroatoms. The number of pyridine rings is 1. The summed E-state index contributed by atoms with van der Waals surface area (Å²) in [6.45, 7) is 1.81. The van der Waals surface area contributed by atoms with Crippen molar-refractivity contribution >= 4 is 11.4 Å². The zero-order valence-corrected chi connectivity index (χ0v) is 11.2. The first-order valence-corrected chi connectivity index (χ1v) is 6.33. The summed E-state index contributed by atoms with van der Waals surface area (Å²) in [6.07, 6.45) is 1.56. The highest BCUT2D eigenvalue weighted by Crippen LogP contribution is 2.31. The number of nitro groups is 1. The van der Waals surface area contributed by atoms with E-state index < -0.39 is 22.6 Å². The van der Waals surface area contributed by atoms with E-state index in [-0.39, 0.29) is 11.4 Å². The first-order chi connectivity index (χ1) is 10.0. The number of halogens is 2. The van der Waals surface area contributed by atoms with Crippen molar-refractivity contribution in [2.45, 2.75) is 19.4 Å². The van der Waals surface area contributed by atoms with Crippen molar-refractivity contribution in [1.29, 1.82) is 0 Å². The normalized spacial score (nSPS) is 12.0. The van der Waals surface area contributed by atoms with E-state index in [2.05, 4.69) is 10.3 Å². The van der Waals surface area contributed by atoms with Gasteiger partial charge in [-0.05, 0) is 24.6 Å². The highest BCUT2D eigenvalue weighted by molar-refractivity contribution is 5.63. The van der Waals surface area contributed by atoms with E-state index in [0.717, 1.165) is 12.3 Å². The zero-order valence-electron chi connectivity index (χ0n) is 11.2. The van der Waals surface area contributed by atoms with Gasteiger partial charge in [0.2, 0.25) is 0 Å². The average molecular weight is 293 g/mol. The van der Waals surface area contributed by atoms with E-state index in [4.69, 9.17) is 0 Å². The molecule has 0 aliphatic rings. The second-order valence-electron chi connectivity index (χ2n) is 4.40. The third kappa shape index (κ3) is 3.31. The van der Waals surface area contributed by atoms with E-state index in [1.807, 2.05) is 6.92 Å². The maximum Gasteiger partial charge on any atom is 0.295 e. The first kappa shape index (κ1) is 14.8. The van der Waals surface area contributed by atoms with Gasteiger partial charge in [-0.15, -0.1) is 0 Å². The monoisotopic (exact) mass is 293 g/mol. The summed E-state index contributed by atoms with van der Waals surface area (Å²) in [5.74, 6) is -1.20. The molecule has 0 aliphatic carbocycles. The van der Waals surface area contributed by atoms with Gasteiger partial charge < -0.3 is 5.32 Å². The number of rotatable bonds is 5. The van der Waals surface area contributed by atoms with Gasteiger partial charge >= 0.3 is 0 Å². The van der Waals surface area contributed by atoms with E-state index in [1.54, 1.807) is 0 Å². The van der Waals surface area contributed by atoms with Crippen LogP contribution in [0, 0.1) is 21.7 Å². The molecule has 2 rings (SSSR count). The first-order valence-electron chi connectivity index (χ1n) is 6.33. The predicted molar refractivity (Wildman–Crippen MR) is 73.9 cm³/mol. The number of nitrogens with zero attached hydrogens (tertiary/aromatic N) is 2. The summed E-state index contributed by atoms with van der Waals surface area (Å²) < 4.78 is 26.7. The highest BCUT2D eigenvalue weighted by atomic mass is 19.1. The Labute approximate surface area is 119 Å². The molecule has 1 aromatic carbocycles. The predicted octanol–water partition coefficient (Wildman–Crippen LogP) is 3.83. The third-order valence-electron chi connectivity index (χ3n) is 3.02. The van der Waals surface area contributed by atoms with E-state index in [9.17, 15) is 18.9 Å². The van der Waals surface area contributed by atoms with Crippen LogP contribution in [-0.4, -0.2) is 9.91 Å². The fraction of sp³-hybridized carbons (Fsp3) is 0.214. The number of hydrogen-bond donors (Lipinski definition) is 1. The van der Waals surface area contributed by atoms with Gasteiger partial charge in [-0.25, -0.2) is 8.78 Å². The fourth-order valence-corrected chi connectivity index (χ4v) is 1.96. The topological polar surface area (TPSA) is 68.1 Å². The quantitative estimate of drug-likeness (QED) is 0.672. The lowest BCUT2D eigenvalue weighted by Crippen LogP contribution is -2.13. The van der Waals surface area contributed by atoms with Crippen molar-refractivity contribution in [3.8, 4) is 0 Å². The van der Waals surface area contributed by atoms with E-state index >= 15 is 0 Å². The number of para-hydroxylation sites is 1. The van der Waals surface area contributed by atoms with Crippen molar-refractivity contribution in [3.63, 3.8) is 0 Å². The lowest BCUT2D eigenvalue weighted by atomic mass is 10.1. The molecule has 0 saturated heterocycles. The van der Waals surface area contributed by atoms with Crippen LogP contribution in [0.3, 0.4) is 0 Å². The molecular weight excluding hydrogens is 280 g/mol. The molecule has 0 bridgehead atoms. The van der Waals surface area contributed by atoms with Crippen LogP contribution in [0.4, 0.5) is 20.2 Å². The molecule has 1 unspecified atom stereocenters. The van der Waals surface area contributed by atoms with Gasteiger partial charge in [0.1, 0.15) is 11.5 Å². The van der Waals surface area contributed by atoms with Crippen LogP contribution in [0.5, 0.6) is 0 Å². The lowest BCUT2D eigenvalue weighted by molar-refractivity contribution is -0.384. The molecule has 0 spiro atoms. The van der Waals surface area contributed by atoms with Gasteiger partial charge in [0.05, 0.1) is 22.9 Å². The number of aromatic nitrogens is 1. The van der Waals surface area contributed by atoms with E-state index in [1.165, 1.54) is 24.3 Å². The standard InChI is InChI=1S/C14H13F2N3O2/c1-2-11(12-7-6-9(15)8-17-12)18-14-10(16)4-3-5-13(14)19(20)21/h3-8,11,18H,2H2,1H3. The smallest absolute Gasteiger partial charge is 0.295 e. The molecule has 1 N–H and O–H groups in total. The Balaban J connectivity index is 2.35. The molecule has 0 radical (unpaired) electrons. The van der Waals surface area contributed by atoms with Crippen LogP contribution in [-0.2, 0) is 0 Å². The van der Waals surface area contributed by atoms with Gasteiger partial charge in [0.25, 0.3) is 5.69 Å². The Bertz CT molecular complexity index is 647. The number of nitro benzene ring substituents is 1. The van der Waals surface area contributed by atoms with Crippen molar-refractivity contribution in [1.82, 2.24) is 4.98 Å². The Hall–Kier alpha value is -2.57. The minimum atomic E-state index is -0.718. The van der Waals surface area contributed by atoms with Gasteiger partial charge in [0, 0.05) is 6.07 Å². The molecule has 5 nitrogen and oxygen atoms in total. The Kier molecular flexibility index (Phi) is 4.42. The Morgan fingerprint density at radius 1 is 1.33 bits per heavy atom. The molecule has 2 aromatic rings. The molecule has 110 valence electrons. The molecular formula is C14H13F2N3O2.